The lowest BCUT2D eigenvalue weighted by Crippen LogP contribution is -2.35. The fourth-order valence-corrected chi connectivity index (χ4v) is 2.78. The molecule has 0 radical (unpaired) electrons. The number of carbonyl (C=O) groups excluding carboxylic acids is 2. The number of carboxylic acid groups (broad SMARTS) is 1. The molecule has 0 fully saturated rings. The van der Waals surface area contributed by atoms with E-state index in [1.54, 1.807) is 24.3 Å². The maximum Gasteiger partial charge on any atom is 0.230 e. The molecule has 0 spiro atoms. The number of anilines is 1. The number of hydrogen-bond donors (Lipinski definition) is 3. The Hall–Kier alpha value is -2.75. The van der Waals surface area contributed by atoms with Gasteiger partial charge in [-0.05, 0) is 31.5 Å². The first-order valence-electron chi connectivity index (χ1n) is 7.90. The second-order valence-corrected chi connectivity index (χ2v) is 6.67. The summed E-state index contributed by atoms with van der Waals surface area (Å²) in [6.07, 6.45) is -0.310. The molecule has 1 atom stereocenters. The Morgan fingerprint density at radius 2 is 2.04 bits per heavy atom. The van der Waals surface area contributed by atoms with Gasteiger partial charge in [0.2, 0.25) is 17.0 Å². The van der Waals surface area contributed by atoms with E-state index in [-0.39, 0.29) is 30.1 Å². The lowest BCUT2D eigenvalue weighted by molar-refractivity contribution is -0.306. The predicted molar refractivity (Wildman–Crippen MR) is 94.2 cm³/mol. The number of aromatic nitrogens is 3. The van der Waals surface area contributed by atoms with Gasteiger partial charge in [0, 0.05) is 12.4 Å². The number of nitrogen functional groups attached to an aromatic ring is 1. The smallest absolute Gasteiger partial charge is 0.230 e. The van der Waals surface area contributed by atoms with Crippen LogP contribution in [0.15, 0.2) is 29.4 Å². The summed E-state index contributed by atoms with van der Waals surface area (Å²) in [6.45, 7) is 3.82. The van der Waals surface area contributed by atoms with E-state index in [1.807, 2.05) is 13.8 Å². The first-order chi connectivity index (χ1) is 12.3. The van der Waals surface area contributed by atoms with E-state index < -0.39 is 12.0 Å². The van der Waals surface area contributed by atoms with Crippen LogP contribution in [0.2, 0.25) is 0 Å². The third-order valence-corrected chi connectivity index (χ3v) is 4.02. The molecule has 2 aromatic rings. The minimum atomic E-state index is -1.26. The Morgan fingerprint density at radius 3 is 2.58 bits per heavy atom. The highest BCUT2D eigenvalue weighted by molar-refractivity contribution is 7.99. The molecule has 0 aliphatic heterocycles. The number of aromatic amines is 1. The molecule has 1 heterocycles. The number of nitrogens with one attached hydrogen (secondary N) is 2. The number of aliphatic carboxylic acids is 1. The van der Waals surface area contributed by atoms with Crippen molar-refractivity contribution in [3.63, 3.8) is 0 Å². The second kappa shape index (κ2) is 9.09. The van der Waals surface area contributed by atoms with Crippen molar-refractivity contribution in [1.29, 1.82) is 0 Å². The van der Waals surface area contributed by atoms with Crippen molar-refractivity contribution >= 4 is 29.6 Å². The van der Waals surface area contributed by atoms with Gasteiger partial charge in [-0.25, -0.2) is 5.10 Å². The monoisotopic (exact) mass is 378 g/mol. The molecule has 9 nitrogen and oxygen atoms in total. The van der Waals surface area contributed by atoms with Crippen molar-refractivity contribution in [2.75, 3.05) is 11.5 Å². The molecule has 1 aromatic carbocycles. The van der Waals surface area contributed by atoms with E-state index in [0.29, 0.717) is 16.5 Å². The van der Waals surface area contributed by atoms with Crippen LogP contribution >= 0.6 is 11.8 Å². The standard InChI is InChI=1S/C16H21N5O4S/c1-9(2)25-11-5-3-10(4-6-11)12(7-14(23)24)18-13(22)8-26-16-19-15(17)20-21-16/h3-6,9,12H,7-8H2,1-2H3,(H,18,22)(H,23,24)(H3,17,19,20,21)/p-1/t12-/m1/s1. The van der Waals surface area contributed by atoms with E-state index in [4.69, 9.17) is 10.5 Å². The molecule has 10 heteroatoms. The van der Waals surface area contributed by atoms with Gasteiger partial charge in [-0.3, -0.25) is 4.79 Å². The zero-order chi connectivity index (χ0) is 19.1. The number of amides is 1. The Labute approximate surface area is 154 Å². The molecule has 4 N–H and O–H groups in total. The Kier molecular flexibility index (Phi) is 6.84. The summed E-state index contributed by atoms with van der Waals surface area (Å²) in [4.78, 5) is 27.0. The number of rotatable bonds is 9. The summed E-state index contributed by atoms with van der Waals surface area (Å²) in [5.41, 5.74) is 6.06. The summed E-state index contributed by atoms with van der Waals surface area (Å²) >= 11 is 1.09. The van der Waals surface area contributed by atoms with Gasteiger partial charge >= 0.3 is 0 Å². The normalized spacial score (nSPS) is 12.0. The van der Waals surface area contributed by atoms with Gasteiger partial charge in [-0.2, -0.15) is 4.98 Å². The van der Waals surface area contributed by atoms with Crippen LogP contribution in [0.3, 0.4) is 0 Å². The summed E-state index contributed by atoms with van der Waals surface area (Å²) in [5, 5.41) is 20.3. The minimum absolute atomic E-state index is 0.0232. The van der Waals surface area contributed by atoms with Crippen LogP contribution in [0.4, 0.5) is 5.95 Å². The van der Waals surface area contributed by atoms with Gasteiger partial charge in [-0.15, -0.1) is 5.10 Å². The van der Waals surface area contributed by atoms with Crippen molar-refractivity contribution in [2.24, 2.45) is 0 Å². The molecule has 0 aliphatic rings. The van der Waals surface area contributed by atoms with Crippen LogP contribution in [0.1, 0.15) is 31.9 Å². The highest BCUT2D eigenvalue weighted by Crippen LogP contribution is 2.21. The molecule has 1 amide bonds. The number of H-pyrrole nitrogens is 1. The fourth-order valence-electron chi connectivity index (χ4n) is 2.16. The fraction of sp³-hybridized carbons (Fsp3) is 0.375. The van der Waals surface area contributed by atoms with Crippen LogP contribution in [0.5, 0.6) is 5.75 Å². The van der Waals surface area contributed by atoms with E-state index in [0.717, 1.165) is 11.8 Å². The van der Waals surface area contributed by atoms with Crippen LogP contribution in [-0.4, -0.2) is 38.9 Å². The van der Waals surface area contributed by atoms with Crippen LogP contribution in [0, 0.1) is 0 Å². The number of carboxylic acids is 1. The summed E-state index contributed by atoms with van der Waals surface area (Å²) in [5.74, 6) is -0.763. The van der Waals surface area contributed by atoms with Crippen molar-refractivity contribution in [3.8, 4) is 5.75 Å². The van der Waals surface area contributed by atoms with Crippen LogP contribution in [-0.2, 0) is 9.59 Å². The molecule has 0 saturated heterocycles. The molecule has 0 saturated carbocycles. The molecule has 0 aliphatic carbocycles. The molecule has 0 unspecified atom stereocenters. The minimum Gasteiger partial charge on any atom is -0.550 e. The van der Waals surface area contributed by atoms with Gasteiger partial charge in [0.05, 0.1) is 17.9 Å². The number of nitrogens with zero attached hydrogens (tertiary/aromatic N) is 2. The number of benzene rings is 1. The van der Waals surface area contributed by atoms with E-state index in [9.17, 15) is 14.7 Å². The van der Waals surface area contributed by atoms with Crippen LogP contribution < -0.4 is 20.9 Å². The highest BCUT2D eigenvalue weighted by atomic mass is 32.2. The average molecular weight is 378 g/mol. The van der Waals surface area contributed by atoms with Crippen molar-refractivity contribution in [3.05, 3.63) is 29.8 Å². The second-order valence-electron chi connectivity index (χ2n) is 5.72. The van der Waals surface area contributed by atoms with Gasteiger partial charge in [0.1, 0.15) is 5.75 Å². The molecular formula is C16H20N5O4S-. The zero-order valence-electron chi connectivity index (χ0n) is 14.4. The quantitative estimate of drug-likeness (QED) is 0.527. The maximum atomic E-state index is 12.1. The summed E-state index contributed by atoms with van der Waals surface area (Å²) < 4.78 is 5.55. The van der Waals surface area contributed by atoms with Gasteiger partial charge < -0.3 is 25.7 Å². The summed E-state index contributed by atoms with van der Waals surface area (Å²) in [6, 6.07) is 6.19. The molecule has 26 heavy (non-hydrogen) atoms. The van der Waals surface area contributed by atoms with E-state index in [1.165, 1.54) is 0 Å². The highest BCUT2D eigenvalue weighted by Gasteiger charge is 2.16. The van der Waals surface area contributed by atoms with Crippen LogP contribution in [0.25, 0.3) is 0 Å². The van der Waals surface area contributed by atoms with E-state index >= 15 is 0 Å². The molecular weight excluding hydrogens is 358 g/mol. The van der Waals surface area contributed by atoms with E-state index in [2.05, 4.69) is 20.5 Å². The number of thioether (sulfide) groups is 1. The SMILES string of the molecule is CC(C)Oc1ccc([C@@H](CC(=O)[O-])NC(=O)CSc2n[nH]c(N)n2)cc1. The van der Waals surface area contributed by atoms with Gasteiger partial charge in [-0.1, -0.05) is 23.9 Å². The Morgan fingerprint density at radius 1 is 1.35 bits per heavy atom. The molecule has 140 valence electrons. The Bertz CT molecular complexity index is 747. The third-order valence-electron chi connectivity index (χ3n) is 3.17. The zero-order valence-corrected chi connectivity index (χ0v) is 15.2. The number of carbonyl (C=O) groups is 2. The molecule has 2 rings (SSSR count). The Balaban J connectivity index is 1.99. The first-order valence-corrected chi connectivity index (χ1v) is 8.88. The molecule has 0 bridgehead atoms. The third kappa shape index (κ3) is 6.28. The largest absolute Gasteiger partial charge is 0.550 e. The lowest BCUT2D eigenvalue weighted by Gasteiger charge is -2.20. The first kappa shape index (κ1) is 19.6. The predicted octanol–water partition coefficient (Wildman–Crippen LogP) is 0.264. The lowest BCUT2D eigenvalue weighted by atomic mass is 10.0. The molecule has 1 aromatic heterocycles. The summed E-state index contributed by atoms with van der Waals surface area (Å²) in [7, 11) is 0. The topological polar surface area (TPSA) is 146 Å². The van der Waals surface area contributed by atoms with Gasteiger partial charge in [0.25, 0.3) is 0 Å². The van der Waals surface area contributed by atoms with Gasteiger partial charge in [0.15, 0.2) is 0 Å². The van der Waals surface area contributed by atoms with Crippen molar-refractivity contribution in [2.45, 2.75) is 37.6 Å². The average Bonchev–Trinajstić information content (AvgIpc) is 2.97. The number of nitrogens with two attached hydrogens (primary N) is 1. The van der Waals surface area contributed by atoms with Crippen molar-refractivity contribution in [1.82, 2.24) is 20.5 Å². The maximum absolute atomic E-state index is 12.1. The number of hydrogen-bond acceptors (Lipinski definition) is 8. The number of ether oxygens (including phenoxy) is 1. The van der Waals surface area contributed by atoms with Crippen molar-refractivity contribution < 1.29 is 19.4 Å².